The third kappa shape index (κ3) is 5.76. The van der Waals surface area contributed by atoms with Gasteiger partial charge in [0.2, 0.25) is 6.20 Å². The van der Waals surface area contributed by atoms with Crippen molar-refractivity contribution in [2.45, 2.75) is 53.1 Å². The van der Waals surface area contributed by atoms with Gasteiger partial charge in [0.15, 0.2) is 12.0 Å². The van der Waals surface area contributed by atoms with Crippen molar-refractivity contribution in [1.82, 2.24) is 4.90 Å². The van der Waals surface area contributed by atoms with E-state index in [1.807, 2.05) is 29.0 Å². The summed E-state index contributed by atoms with van der Waals surface area (Å²) in [5.41, 5.74) is 2.95. The molecule has 1 atom stereocenters. The number of aromatic nitrogens is 1. The van der Waals surface area contributed by atoms with Crippen LogP contribution in [0.25, 0.3) is 22.9 Å². The molecule has 0 aliphatic rings. The smallest absolute Gasteiger partial charge is 0.205 e. The van der Waals surface area contributed by atoms with E-state index in [4.69, 9.17) is 0 Å². The summed E-state index contributed by atoms with van der Waals surface area (Å²) in [6.45, 7) is 11.8. The van der Waals surface area contributed by atoms with Crippen LogP contribution in [0, 0.1) is 12.7 Å². The summed E-state index contributed by atoms with van der Waals surface area (Å²) in [5, 5.41) is 2.43. The van der Waals surface area contributed by atoms with Gasteiger partial charge in [-0.3, -0.25) is 0 Å². The predicted octanol–water partition coefficient (Wildman–Crippen LogP) is 6.26. The summed E-state index contributed by atoms with van der Waals surface area (Å²) in [4.78, 5) is 2.47. The largest absolute Gasteiger partial charge is 0.301 e. The molecule has 3 heteroatoms. The quantitative estimate of drug-likeness (QED) is 0.381. The van der Waals surface area contributed by atoms with Crippen molar-refractivity contribution in [3.8, 4) is 0 Å². The second kappa shape index (κ2) is 10.5. The van der Waals surface area contributed by atoms with Crippen LogP contribution < -0.4 is 4.57 Å². The van der Waals surface area contributed by atoms with Crippen molar-refractivity contribution in [2.75, 3.05) is 13.1 Å². The standard InChI is InChI=1S/C27H34FN2/c1-5-30(6-2)22(4)8-7-16-29-17-15-24(27(28)20-29)13-10-23-11-14-25-18-21(3)9-12-26(25)19-23/h9-15,17-20,22H,5-8,16H2,1-4H3/q+1/b13-10+. The lowest BCUT2D eigenvalue weighted by Gasteiger charge is -2.25. The highest BCUT2D eigenvalue weighted by molar-refractivity contribution is 5.86. The maximum absolute atomic E-state index is 14.6. The molecule has 0 bridgehead atoms. The van der Waals surface area contributed by atoms with E-state index < -0.39 is 0 Å². The molecule has 1 unspecified atom stereocenters. The number of halogens is 1. The van der Waals surface area contributed by atoms with E-state index in [0.717, 1.165) is 38.0 Å². The molecule has 0 aliphatic carbocycles. The minimum Gasteiger partial charge on any atom is -0.301 e. The second-order valence-electron chi connectivity index (χ2n) is 8.14. The molecular formula is C27H34FN2+. The third-order valence-electron chi connectivity index (χ3n) is 5.95. The summed E-state index contributed by atoms with van der Waals surface area (Å²) in [6.07, 6.45) is 9.61. The van der Waals surface area contributed by atoms with E-state index in [-0.39, 0.29) is 5.82 Å². The van der Waals surface area contributed by atoms with Gasteiger partial charge >= 0.3 is 0 Å². The molecule has 1 heterocycles. The van der Waals surface area contributed by atoms with Gasteiger partial charge in [0.1, 0.15) is 6.54 Å². The van der Waals surface area contributed by atoms with Gasteiger partial charge in [-0.25, -0.2) is 4.57 Å². The predicted molar refractivity (Wildman–Crippen MR) is 126 cm³/mol. The fraction of sp³-hybridized carbons (Fsp3) is 0.370. The first-order valence-corrected chi connectivity index (χ1v) is 11.1. The first-order valence-electron chi connectivity index (χ1n) is 11.1. The fourth-order valence-electron chi connectivity index (χ4n) is 4.07. The van der Waals surface area contributed by atoms with Crippen molar-refractivity contribution in [1.29, 1.82) is 0 Å². The lowest BCUT2D eigenvalue weighted by atomic mass is 10.0. The average molecular weight is 406 g/mol. The number of fused-ring (bicyclic) bond motifs is 1. The van der Waals surface area contributed by atoms with Crippen molar-refractivity contribution in [3.05, 3.63) is 77.4 Å². The Morgan fingerprint density at radius 2 is 1.73 bits per heavy atom. The zero-order chi connectivity index (χ0) is 21.5. The Hall–Kier alpha value is -2.52. The Morgan fingerprint density at radius 3 is 2.47 bits per heavy atom. The van der Waals surface area contributed by atoms with Crippen LogP contribution in [-0.2, 0) is 6.54 Å². The lowest BCUT2D eigenvalue weighted by Crippen LogP contribution is -2.36. The van der Waals surface area contributed by atoms with Crippen molar-refractivity contribution in [3.63, 3.8) is 0 Å². The minimum absolute atomic E-state index is 0.179. The fourth-order valence-corrected chi connectivity index (χ4v) is 4.07. The first-order chi connectivity index (χ1) is 14.5. The number of aryl methyl sites for hydroxylation is 2. The molecule has 0 N–H and O–H groups in total. The summed E-state index contributed by atoms with van der Waals surface area (Å²) in [5.74, 6) is -0.179. The van der Waals surface area contributed by atoms with Gasteiger partial charge in [-0.15, -0.1) is 0 Å². The topological polar surface area (TPSA) is 7.12 Å². The highest BCUT2D eigenvalue weighted by Crippen LogP contribution is 2.19. The van der Waals surface area contributed by atoms with Gasteiger partial charge in [-0.05, 0) is 55.8 Å². The van der Waals surface area contributed by atoms with Gasteiger partial charge in [-0.1, -0.05) is 61.9 Å². The van der Waals surface area contributed by atoms with Crippen molar-refractivity contribution >= 4 is 22.9 Å². The first kappa shape index (κ1) is 22.2. The van der Waals surface area contributed by atoms with Crippen molar-refractivity contribution in [2.24, 2.45) is 0 Å². The summed E-state index contributed by atoms with van der Waals surface area (Å²) in [7, 11) is 0. The van der Waals surface area contributed by atoms with Crippen LogP contribution in [0.4, 0.5) is 4.39 Å². The Bertz CT molecular complexity index is 1000. The highest BCUT2D eigenvalue weighted by Gasteiger charge is 2.12. The Kier molecular flexibility index (Phi) is 7.75. The molecule has 1 aromatic heterocycles. The molecule has 0 saturated heterocycles. The van der Waals surface area contributed by atoms with Crippen LogP contribution in [0.15, 0.2) is 54.9 Å². The zero-order valence-electron chi connectivity index (χ0n) is 18.7. The van der Waals surface area contributed by atoms with Crippen LogP contribution in [-0.4, -0.2) is 24.0 Å². The van der Waals surface area contributed by atoms with Crippen LogP contribution in [0.2, 0.25) is 0 Å². The maximum atomic E-state index is 14.6. The summed E-state index contributed by atoms with van der Waals surface area (Å²) >= 11 is 0. The Labute approximate surface area is 180 Å². The molecule has 0 aliphatic heterocycles. The van der Waals surface area contributed by atoms with E-state index >= 15 is 0 Å². The van der Waals surface area contributed by atoms with Crippen LogP contribution >= 0.6 is 0 Å². The Morgan fingerprint density at radius 1 is 1.00 bits per heavy atom. The highest BCUT2D eigenvalue weighted by atomic mass is 19.1. The molecular weight excluding hydrogens is 371 g/mol. The van der Waals surface area contributed by atoms with Crippen LogP contribution in [0.1, 0.15) is 50.3 Å². The summed E-state index contributed by atoms with van der Waals surface area (Å²) < 4.78 is 16.6. The monoisotopic (exact) mass is 405 g/mol. The number of hydrogen-bond acceptors (Lipinski definition) is 1. The van der Waals surface area contributed by atoms with Crippen molar-refractivity contribution < 1.29 is 8.96 Å². The normalized spacial score (nSPS) is 12.9. The van der Waals surface area contributed by atoms with Gasteiger partial charge < -0.3 is 4.90 Å². The second-order valence-corrected chi connectivity index (χ2v) is 8.14. The molecule has 3 aromatic rings. The van der Waals surface area contributed by atoms with Crippen LogP contribution in [0.3, 0.4) is 0 Å². The molecule has 2 aromatic carbocycles. The van der Waals surface area contributed by atoms with Crippen LogP contribution in [0.5, 0.6) is 0 Å². The summed E-state index contributed by atoms with van der Waals surface area (Å²) in [6, 6.07) is 15.2. The molecule has 0 saturated carbocycles. The third-order valence-corrected chi connectivity index (χ3v) is 5.95. The zero-order valence-corrected chi connectivity index (χ0v) is 18.7. The number of rotatable bonds is 9. The minimum atomic E-state index is -0.179. The van der Waals surface area contributed by atoms with E-state index in [1.165, 1.54) is 16.3 Å². The van der Waals surface area contributed by atoms with E-state index in [9.17, 15) is 4.39 Å². The maximum Gasteiger partial charge on any atom is 0.205 e. The molecule has 0 fully saturated rings. The number of benzene rings is 2. The molecule has 0 spiro atoms. The molecule has 3 rings (SSSR count). The SMILES string of the molecule is CCN(CC)C(C)CCC[n+]1ccc(/C=C/c2ccc3cc(C)ccc3c2)c(F)c1. The van der Waals surface area contributed by atoms with Gasteiger partial charge in [0, 0.05) is 24.1 Å². The molecule has 0 radical (unpaired) electrons. The van der Waals surface area contributed by atoms with Gasteiger partial charge in [0.25, 0.3) is 0 Å². The Balaban J connectivity index is 1.62. The van der Waals surface area contributed by atoms with E-state index in [2.05, 4.69) is 69.0 Å². The van der Waals surface area contributed by atoms with E-state index in [0.29, 0.717) is 11.6 Å². The van der Waals surface area contributed by atoms with E-state index in [1.54, 1.807) is 6.20 Å². The number of hydrogen-bond donors (Lipinski definition) is 0. The molecule has 158 valence electrons. The van der Waals surface area contributed by atoms with Gasteiger partial charge in [0.05, 0.1) is 0 Å². The molecule has 30 heavy (non-hydrogen) atoms. The lowest BCUT2D eigenvalue weighted by molar-refractivity contribution is -0.698. The average Bonchev–Trinajstić information content (AvgIpc) is 2.74. The molecule has 2 nitrogen and oxygen atoms in total. The molecule has 0 amide bonds. The van der Waals surface area contributed by atoms with Gasteiger partial charge in [-0.2, -0.15) is 4.39 Å². The number of nitrogens with zero attached hydrogens (tertiary/aromatic N) is 2. The number of pyridine rings is 1.